The maximum Gasteiger partial charge on any atom is 0.217 e. The molecule has 0 radical (unpaired) electrons. The molecule has 0 bridgehead atoms. The normalized spacial score (nSPS) is 11.0. The zero-order valence-electron chi connectivity index (χ0n) is 17.6. The van der Waals surface area contributed by atoms with Gasteiger partial charge in [0.1, 0.15) is 5.82 Å². The van der Waals surface area contributed by atoms with E-state index in [-0.39, 0.29) is 23.9 Å². The molecule has 1 amide bonds. The fourth-order valence-electron chi connectivity index (χ4n) is 3.44. The number of nitrogens with zero attached hydrogens (tertiary/aromatic N) is 4. The lowest BCUT2D eigenvalue weighted by Crippen LogP contribution is -2.13. The minimum absolute atomic E-state index is 0.0701. The number of ketones is 1. The standard InChI is InChI=1S/C22H27N5O2S/c1-15-13-18(16(2)27(15)12-11-17-7-5-4-6-8-17)19(28)14-30-22-25-24-21(26(22)3)10-9-20(23)29/h4-8,13H,9-12,14H2,1-3H3,(H2,23,29). The van der Waals surface area contributed by atoms with E-state index in [9.17, 15) is 9.59 Å². The van der Waals surface area contributed by atoms with Crippen molar-refractivity contribution in [1.82, 2.24) is 19.3 Å². The summed E-state index contributed by atoms with van der Waals surface area (Å²) in [6, 6.07) is 12.3. The maximum absolute atomic E-state index is 12.9. The molecule has 3 rings (SSSR count). The van der Waals surface area contributed by atoms with Gasteiger partial charge in [-0.05, 0) is 31.9 Å². The summed E-state index contributed by atoms with van der Waals surface area (Å²) in [5.41, 5.74) is 9.31. The molecule has 0 unspecified atom stereocenters. The van der Waals surface area contributed by atoms with Crippen molar-refractivity contribution < 1.29 is 9.59 Å². The van der Waals surface area contributed by atoms with Crippen LogP contribution in [0.3, 0.4) is 0 Å². The van der Waals surface area contributed by atoms with E-state index in [4.69, 9.17) is 5.73 Å². The molecule has 0 spiro atoms. The van der Waals surface area contributed by atoms with Gasteiger partial charge in [-0.1, -0.05) is 42.1 Å². The molecule has 0 aliphatic carbocycles. The van der Waals surface area contributed by atoms with Crippen LogP contribution in [0.15, 0.2) is 41.6 Å². The molecule has 0 aliphatic rings. The van der Waals surface area contributed by atoms with Crippen LogP contribution in [-0.4, -0.2) is 36.8 Å². The summed E-state index contributed by atoms with van der Waals surface area (Å²) in [6.45, 7) is 4.88. The summed E-state index contributed by atoms with van der Waals surface area (Å²) in [5.74, 6) is 0.665. The number of aryl methyl sites for hydroxylation is 3. The monoisotopic (exact) mass is 425 g/mol. The molecule has 0 saturated heterocycles. The Morgan fingerprint density at radius 2 is 1.83 bits per heavy atom. The second kappa shape index (κ2) is 9.75. The van der Waals surface area contributed by atoms with Crippen molar-refractivity contribution in [1.29, 1.82) is 0 Å². The third-order valence-corrected chi connectivity index (χ3v) is 6.21. The molecule has 3 aromatic rings. The van der Waals surface area contributed by atoms with E-state index in [2.05, 4.69) is 26.9 Å². The Morgan fingerprint density at radius 1 is 1.10 bits per heavy atom. The minimum Gasteiger partial charge on any atom is -0.370 e. The van der Waals surface area contributed by atoms with Crippen molar-refractivity contribution in [3.05, 3.63) is 64.7 Å². The average Bonchev–Trinajstić information content (AvgIpc) is 3.22. The molecule has 8 heteroatoms. The van der Waals surface area contributed by atoms with Crippen LogP contribution in [0.25, 0.3) is 0 Å². The first kappa shape index (κ1) is 21.8. The Bertz CT molecular complexity index is 1040. The number of hydrogen-bond acceptors (Lipinski definition) is 5. The van der Waals surface area contributed by atoms with E-state index in [1.807, 2.05) is 49.7 Å². The van der Waals surface area contributed by atoms with Crippen LogP contribution >= 0.6 is 11.8 Å². The van der Waals surface area contributed by atoms with Crippen LogP contribution in [0.2, 0.25) is 0 Å². The lowest BCUT2D eigenvalue weighted by molar-refractivity contribution is -0.118. The largest absolute Gasteiger partial charge is 0.370 e. The number of carbonyl (C=O) groups excluding carboxylic acids is 2. The molecule has 0 aliphatic heterocycles. The van der Waals surface area contributed by atoms with Crippen molar-refractivity contribution in [2.24, 2.45) is 12.8 Å². The van der Waals surface area contributed by atoms with Crippen LogP contribution < -0.4 is 5.73 Å². The number of nitrogens with two attached hydrogens (primary N) is 1. The highest BCUT2D eigenvalue weighted by Crippen LogP contribution is 2.22. The Balaban J connectivity index is 1.63. The van der Waals surface area contributed by atoms with Gasteiger partial charge in [-0.25, -0.2) is 0 Å². The smallest absolute Gasteiger partial charge is 0.217 e. The van der Waals surface area contributed by atoms with E-state index < -0.39 is 0 Å². The predicted molar refractivity (Wildman–Crippen MR) is 118 cm³/mol. The van der Waals surface area contributed by atoms with E-state index in [1.165, 1.54) is 17.3 Å². The first-order valence-corrected chi connectivity index (χ1v) is 10.9. The molecule has 2 N–H and O–H groups in total. The molecule has 0 atom stereocenters. The Labute approximate surface area is 180 Å². The number of carbonyl (C=O) groups is 2. The van der Waals surface area contributed by atoms with E-state index in [1.54, 1.807) is 0 Å². The molecule has 0 fully saturated rings. The van der Waals surface area contributed by atoms with Gasteiger partial charge < -0.3 is 14.9 Å². The van der Waals surface area contributed by atoms with Gasteiger partial charge in [0.05, 0.1) is 5.75 Å². The molecule has 2 aromatic heterocycles. The summed E-state index contributed by atoms with van der Waals surface area (Å²) in [6.07, 6.45) is 1.59. The van der Waals surface area contributed by atoms with Gasteiger partial charge in [-0.15, -0.1) is 10.2 Å². The number of rotatable bonds is 10. The second-order valence-corrected chi connectivity index (χ2v) is 8.25. The topological polar surface area (TPSA) is 95.8 Å². The predicted octanol–water partition coefficient (Wildman–Crippen LogP) is 2.87. The Hall–Kier alpha value is -2.87. The zero-order valence-corrected chi connectivity index (χ0v) is 18.4. The third kappa shape index (κ3) is 5.18. The number of primary amides is 1. The quantitative estimate of drug-likeness (QED) is 0.398. The van der Waals surface area contributed by atoms with Crippen LogP contribution in [0, 0.1) is 13.8 Å². The van der Waals surface area contributed by atoms with Crippen LogP contribution in [-0.2, 0) is 31.2 Å². The van der Waals surface area contributed by atoms with Gasteiger partial charge in [0, 0.05) is 43.4 Å². The summed E-state index contributed by atoms with van der Waals surface area (Å²) < 4.78 is 4.01. The molecular weight excluding hydrogens is 398 g/mol. The fourth-order valence-corrected chi connectivity index (χ4v) is 4.26. The first-order valence-electron chi connectivity index (χ1n) is 9.90. The highest BCUT2D eigenvalue weighted by molar-refractivity contribution is 7.99. The van der Waals surface area contributed by atoms with Crippen molar-refractivity contribution in [3.63, 3.8) is 0 Å². The van der Waals surface area contributed by atoms with Crippen molar-refractivity contribution in [2.45, 2.75) is 44.8 Å². The number of amides is 1. The van der Waals surface area contributed by atoms with E-state index >= 15 is 0 Å². The summed E-state index contributed by atoms with van der Waals surface area (Å²) in [7, 11) is 1.83. The highest BCUT2D eigenvalue weighted by atomic mass is 32.2. The van der Waals surface area contributed by atoms with Crippen molar-refractivity contribution in [3.8, 4) is 0 Å². The van der Waals surface area contributed by atoms with Gasteiger partial charge in [-0.3, -0.25) is 9.59 Å². The lowest BCUT2D eigenvalue weighted by atomic mass is 10.1. The number of benzene rings is 1. The lowest BCUT2D eigenvalue weighted by Gasteiger charge is -2.10. The SMILES string of the molecule is Cc1cc(C(=O)CSc2nnc(CCC(N)=O)n2C)c(C)n1CCc1ccccc1. The zero-order chi connectivity index (χ0) is 21.7. The van der Waals surface area contributed by atoms with Gasteiger partial charge >= 0.3 is 0 Å². The van der Waals surface area contributed by atoms with E-state index in [0.29, 0.717) is 17.4 Å². The van der Waals surface area contributed by atoms with Crippen LogP contribution in [0.4, 0.5) is 0 Å². The Morgan fingerprint density at radius 3 is 2.53 bits per heavy atom. The van der Waals surface area contributed by atoms with Crippen LogP contribution in [0.1, 0.15) is 39.6 Å². The van der Waals surface area contributed by atoms with Gasteiger partial charge in [0.15, 0.2) is 10.9 Å². The van der Waals surface area contributed by atoms with Crippen LogP contribution in [0.5, 0.6) is 0 Å². The maximum atomic E-state index is 12.9. The molecule has 0 saturated carbocycles. The number of hydrogen-bond donors (Lipinski definition) is 1. The first-order chi connectivity index (χ1) is 14.4. The summed E-state index contributed by atoms with van der Waals surface area (Å²) in [4.78, 5) is 23.8. The molecule has 7 nitrogen and oxygen atoms in total. The van der Waals surface area contributed by atoms with Gasteiger partial charge in [-0.2, -0.15) is 0 Å². The molecule has 30 heavy (non-hydrogen) atoms. The number of Topliss-reactive ketones (excluding diaryl/α,β-unsaturated/α-hetero) is 1. The number of thioether (sulfide) groups is 1. The minimum atomic E-state index is -0.370. The third-order valence-electron chi connectivity index (χ3n) is 5.19. The summed E-state index contributed by atoms with van der Waals surface area (Å²) in [5, 5.41) is 8.88. The molecule has 1 aromatic carbocycles. The molecular formula is C22H27N5O2S. The van der Waals surface area contributed by atoms with Crippen molar-refractivity contribution >= 4 is 23.5 Å². The summed E-state index contributed by atoms with van der Waals surface area (Å²) >= 11 is 1.35. The van der Waals surface area contributed by atoms with Gasteiger partial charge in [0.2, 0.25) is 5.91 Å². The average molecular weight is 426 g/mol. The number of aromatic nitrogens is 4. The molecule has 158 valence electrons. The van der Waals surface area contributed by atoms with E-state index in [0.717, 1.165) is 29.9 Å². The van der Waals surface area contributed by atoms with Crippen molar-refractivity contribution in [2.75, 3.05) is 5.75 Å². The highest BCUT2D eigenvalue weighted by Gasteiger charge is 2.18. The van der Waals surface area contributed by atoms with Gasteiger partial charge in [0.25, 0.3) is 0 Å². The Kier molecular flexibility index (Phi) is 7.10. The second-order valence-electron chi connectivity index (χ2n) is 7.31. The fraction of sp³-hybridized carbons (Fsp3) is 0.364. The molecule has 2 heterocycles.